The van der Waals surface area contributed by atoms with Crippen LogP contribution in [-0.4, -0.2) is 22.0 Å². The first-order valence-corrected chi connectivity index (χ1v) is 9.46. The van der Waals surface area contributed by atoms with E-state index < -0.39 is 0 Å². The van der Waals surface area contributed by atoms with Gasteiger partial charge < -0.3 is 9.42 Å². The molecule has 4 nitrogen and oxygen atoms in total. The maximum atomic E-state index is 13.1. The molecule has 0 saturated heterocycles. The molecule has 4 rings (SSSR count). The summed E-state index contributed by atoms with van der Waals surface area (Å²) in [7, 11) is 0. The molecular weight excluding hydrogens is 312 g/mol. The molecule has 1 unspecified atom stereocenters. The number of fused-ring (bicyclic) bond motifs is 1. The van der Waals surface area contributed by atoms with Crippen molar-refractivity contribution >= 4 is 5.91 Å². The minimum absolute atomic E-state index is 0.259. The zero-order valence-electron chi connectivity index (χ0n) is 15.1. The van der Waals surface area contributed by atoms with Crippen LogP contribution in [0.15, 0.2) is 28.8 Å². The Bertz CT molecular complexity index is 756. The summed E-state index contributed by atoms with van der Waals surface area (Å²) in [6.07, 6.45) is 6.95. The van der Waals surface area contributed by atoms with Crippen LogP contribution in [0.5, 0.6) is 0 Å². The Morgan fingerprint density at radius 3 is 2.76 bits per heavy atom. The summed E-state index contributed by atoms with van der Waals surface area (Å²) in [4.78, 5) is 15.3. The van der Waals surface area contributed by atoms with Crippen LogP contribution in [0.3, 0.4) is 0 Å². The molecule has 1 aromatic carbocycles. The topological polar surface area (TPSA) is 46.3 Å². The number of benzene rings is 1. The quantitative estimate of drug-likeness (QED) is 0.817. The van der Waals surface area contributed by atoms with Crippen molar-refractivity contribution in [2.45, 2.75) is 70.9 Å². The van der Waals surface area contributed by atoms with Gasteiger partial charge >= 0.3 is 0 Å². The fourth-order valence-corrected chi connectivity index (χ4v) is 4.22. The van der Waals surface area contributed by atoms with E-state index in [1.807, 2.05) is 13.8 Å². The predicted octanol–water partition coefficient (Wildman–Crippen LogP) is 4.29. The minimum atomic E-state index is 0.259. The van der Waals surface area contributed by atoms with Gasteiger partial charge in [-0.3, -0.25) is 4.79 Å². The first-order valence-electron chi connectivity index (χ1n) is 9.46. The Hall–Kier alpha value is -2.10. The van der Waals surface area contributed by atoms with Crippen molar-refractivity contribution in [3.8, 4) is 0 Å². The average Bonchev–Trinajstić information content (AvgIpc) is 3.40. The molecule has 0 bridgehead atoms. The van der Waals surface area contributed by atoms with E-state index >= 15 is 0 Å². The second-order valence-electron chi connectivity index (χ2n) is 7.44. The monoisotopic (exact) mass is 338 g/mol. The van der Waals surface area contributed by atoms with Crippen molar-refractivity contribution in [1.82, 2.24) is 10.1 Å². The van der Waals surface area contributed by atoms with Gasteiger partial charge in [-0.1, -0.05) is 29.4 Å². The number of aromatic nitrogens is 1. The van der Waals surface area contributed by atoms with Crippen LogP contribution in [0.1, 0.15) is 66.3 Å². The molecule has 0 N–H and O–H groups in total. The van der Waals surface area contributed by atoms with E-state index in [1.54, 1.807) is 0 Å². The predicted molar refractivity (Wildman–Crippen MR) is 96.3 cm³/mol. The highest BCUT2D eigenvalue weighted by Crippen LogP contribution is 2.41. The Balaban J connectivity index is 1.53. The highest BCUT2D eigenvalue weighted by atomic mass is 16.5. The standard InChI is InChI=1S/C21H26N2O2/c1-14-18(15(2)25-22-14)12-13-21(24)23(17-10-11-17)20-9-5-7-16-6-3-4-8-19(16)20/h3-4,6,8,17,20H,5,7,9-13H2,1-2H3. The number of hydrogen-bond donors (Lipinski definition) is 0. The SMILES string of the molecule is Cc1noc(C)c1CCC(=O)N(C1CC1)C1CCCc2ccccc21. The highest BCUT2D eigenvalue weighted by Gasteiger charge is 2.39. The zero-order valence-corrected chi connectivity index (χ0v) is 15.1. The number of aryl methyl sites for hydroxylation is 3. The van der Waals surface area contributed by atoms with Crippen LogP contribution in [0.4, 0.5) is 0 Å². The number of rotatable bonds is 5. The molecule has 1 amide bonds. The lowest BCUT2D eigenvalue weighted by Crippen LogP contribution is -2.38. The fourth-order valence-electron chi connectivity index (χ4n) is 4.22. The second-order valence-corrected chi connectivity index (χ2v) is 7.44. The van der Waals surface area contributed by atoms with Gasteiger partial charge in [0.25, 0.3) is 0 Å². The molecule has 1 saturated carbocycles. The number of hydrogen-bond acceptors (Lipinski definition) is 3. The largest absolute Gasteiger partial charge is 0.361 e. The van der Waals surface area contributed by atoms with Gasteiger partial charge in [0.2, 0.25) is 5.91 Å². The zero-order chi connectivity index (χ0) is 17.4. The summed E-state index contributed by atoms with van der Waals surface area (Å²) < 4.78 is 5.24. The van der Waals surface area contributed by atoms with Crippen LogP contribution in [0, 0.1) is 13.8 Å². The van der Waals surface area contributed by atoms with Gasteiger partial charge in [-0.2, -0.15) is 0 Å². The van der Waals surface area contributed by atoms with Gasteiger partial charge in [-0.25, -0.2) is 0 Å². The Morgan fingerprint density at radius 1 is 1.24 bits per heavy atom. The number of nitrogens with zero attached hydrogens (tertiary/aromatic N) is 2. The van der Waals surface area contributed by atoms with E-state index in [-0.39, 0.29) is 11.9 Å². The van der Waals surface area contributed by atoms with Crippen LogP contribution < -0.4 is 0 Å². The fraction of sp³-hybridized carbons (Fsp3) is 0.524. The molecule has 2 aliphatic rings. The summed E-state index contributed by atoms with van der Waals surface area (Å²) in [5.74, 6) is 1.12. The van der Waals surface area contributed by atoms with Crippen LogP contribution in [0.2, 0.25) is 0 Å². The summed E-state index contributed by atoms with van der Waals surface area (Å²) in [6, 6.07) is 9.36. The van der Waals surface area contributed by atoms with Crippen molar-refractivity contribution in [2.24, 2.45) is 0 Å². The maximum absolute atomic E-state index is 13.1. The lowest BCUT2D eigenvalue weighted by Gasteiger charge is -2.36. The normalized spacial score (nSPS) is 19.5. The number of carbonyl (C=O) groups is 1. The van der Waals surface area contributed by atoms with Crippen molar-refractivity contribution in [3.05, 3.63) is 52.4 Å². The molecule has 2 aromatic rings. The van der Waals surface area contributed by atoms with E-state index in [4.69, 9.17) is 4.52 Å². The van der Waals surface area contributed by atoms with E-state index in [0.717, 1.165) is 49.1 Å². The van der Waals surface area contributed by atoms with Gasteiger partial charge in [-0.05, 0) is 63.5 Å². The number of amides is 1. The Kier molecular flexibility index (Phi) is 4.36. The van der Waals surface area contributed by atoms with Gasteiger partial charge in [-0.15, -0.1) is 0 Å². The molecule has 25 heavy (non-hydrogen) atoms. The van der Waals surface area contributed by atoms with E-state index in [2.05, 4.69) is 34.3 Å². The Morgan fingerprint density at radius 2 is 2.04 bits per heavy atom. The van der Waals surface area contributed by atoms with Crippen molar-refractivity contribution in [1.29, 1.82) is 0 Å². The summed E-state index contributed by atoms with van der Waals surface area (Å²) in [5, 5.41) is 4.01. The molecule has 4 heteroatoms. The first kappa shape index (κ1) is 16.4. The second kappa shape index (κ2) is 6.66. The molecule has 1 aromatic heterocycles. The first-order chi connectivity index (χ1) is 12.1. The minimum Gasteiger partial charge on any atom is -0.361 e. The van der Waals surface area contributed by atoms with Crippen molar-refractivity contribution in [3.63, 3.8) is 0 Å². The summed E-state index contributed by atoms with van der Waals surface area (Å²) >= 11 is 0. The molecule has 132 valence electrons. The molecule has 0 radical (unpaired) electrons. The van der Waals surface area contributed by atoms with Gasteiger partial charge in [0, 0.05) is 18.0 Å². The van der Waals surface area contributed by atoms with E-state index in [9.17, 15) is 4.79 Å². The Labute approximate surface area is 149 Å². The lowest BCUT2D eigenvalue weighted by atomic mass is 9.86. The maximum Gasteiger partial charge on any atom is 0.223 e. The molecule has 0 aliphatic heterocycles. The third kappa shape index (κ3) is 3.22. The molecule has 1 heterocycles. The lowest BCUT2D eigenvalue weighted by molar-refractivity contribution is -0.134. The van der Waals surface area contributed by atoms with Crippen LogP contribution >= 0.6 is 0 Å². The van der Waals surface area contributed by atoms with Gasteiger partial charge in [0.1, 0.15) is 5.76 Å². The molecular formula is C21H26N2O2. The average molecular weight is 338 g/mol. The molecule has 1 atom stereocenters. The summed E-state index contributed by atoms with van der Waals surface area (Å²) in [5.41, 5.74) is 4.79. The van der Waals surface area contributed by atoms with Gasteiger partial charge in [0.15, 0.2) is 0 Å². The highest BCUT2D eigenvalue weighted by molar-refractivity contribution is 5.78. The molecule has 2 aliphatic carbocycles. The number of carbonyl (C=O) groups excluding carboxylic acids is 1. The van der Waals surface area contributed by atoms with Crippen molar-refractivity contribution in [2.75, 3.05) is 0 Å². The molecule has 1 fully saturated rings. The van der Waals surface area contributed by atoms with Crippen molar-refractivity contribution < 1.29 is 9.32 Å². The third-order valence-electron chi connectivity index (χ3n) is 5.67. The van der Waals surface area contributed by atoms with Crippen LogP contribution in [0.25, 0.3) is 0 Å². The van der Waals surface area contributed by atoms with Gasteiger partial charge in [0.05, 0.1) is 11.7 Å². The third-order valence-corrected chi connectivity index (χ3v) is 5.67. The molecule has 0 spiro atoms. The van der Waals surface area contributed by atoms with E-state index in [1.165, 1.54) is 17.5 Å². The smallest absolute Gasteiger partial charge is 0.223 e. The summed E-state index contributed by atoms with van der Waals surface area (Å²) in [6.45, 7) is 3.88. The van der Waals surface area contributed by atoms with Crippen LogP contribution in [-0.2, 0) is 17.6 Å². The van der Waals surface area contributed by atoms with E-state index in [0.29, 0.717) is 12.5 Å².